The largest absolute Gasteiger partial charge is 0.349 e. The average Bonchev–Trinajstić information content (AvgIpc) is 3.25. The van der Waals surface area contributed by atoms with Gasteiger partial charge in [-0.3, -0.25) is 4.79 Å². The third-order valence-electron chi connectivity index (χ3n) is 3.74. The highest BCUT2D eigenvalue weighted by molar-refractivity contribution is 9.10. The van der Waals surface area contributed by atoms with Crippen molar-refractivity contribution in [3.8, 4) is 0 Å². The molecule has 1 saturated carbocycles. The fourth-order valence-corrected chi connectivity index (χ4v) is 3.33. The summed E-state index contributed by atoms with van der Waals surface area (Å²) in [6.45, 7) is 2.58. The van der Waals surface area contributed by atoms with E-state index in [4.69, 9.17) is 5.73 Å². The zero-order valence-corrected chi connectivity index (χ0v) is 14.1. The number of halogens is 1. The minimum Gasteiger partial charge on any atom is -0.349 e. The van der Waals surface area contributed by atoms with Crippen molar-refractivity contribution in [1.29, 1.82) is 0 Å². The number of thioether (sulfide) groups is 1. The Morgan fingerprint density at radius 2 is 2.10 bits per heavy atom. The summed E-state index contributed by atoms with van der Waals surface area (Å²) in [6.07, 6.45) is 2.90. The van der Waals surface area contributed by atoms with Crippen LogP contribution in [-0.2, 0) is 4.79 Å². The molecule has 1 atom stereocenters. The third-order valence-corrected chi connectivity index (χ3v) is 5.28. The predicted molar refractivity (Wildman–Crippen MR) is 87.8 cm³/mol. The summed E-state index contributed by atoms with van der Waals surface area (Å²) in [5.74, 6) is 1.46. The maximum absolute atomic E-state index is 12.0. The summed E-state index contributed by atoms with van der Waals surface area (Å²) in [6, 6.07) is 8.14. The molecule has 3 nitrogen and oxygen atoms in total. The number of amides is 1. The Hall–Kier alpha value is -0.520. The van der Waals surface area contributed by atoms with Crippen LogP contribution in [0.5, 0.6) is 0 Å². The first kappa shape index (κ1) is 15.9. The molecule has 0 spiro atoms. The second-order valence-corrected chi connectivity index (χ2v) is 7.58. The van der Waals surface area contributed by atoms with Gasteiger partial charge in [0.1, 0.15) is 0 Å². The number of rotatable bonds is 7. The van der Waals surface area contributed by atoms with Crippen LogP contribution in [0.25, 0.3) is 0 Å². The zero-order valence-electron chi connectivity index (χ0n) is 11.7. The van der Waals surface area contributed by atoms with Gasteiger partial charge < -0.3 is 11.1 Å². The molecule has 1 aromatic carbocycles. The molecule has 0 radical (unpaired) electrons. The van der Waals surface area contributed by atoms with Crippen LogP contribution in [0.2, 0.25) is 0 Å². The number of nitrogens with two attached hydrogens (primary N) is 1. The van der Waals surface area contributed by atoms with Gasteiger partial charge in [-0.2, -0.15) is 0 Å². The van der Waals surface area contributed by atoms with E-state index in [1.807, 2.05) is 12.1 Å². The molecule has 0 saturated heterocycles. The van der Waals surface area contributed by atoms with Gasteiger partial charge in [0, 0.05) is 28.1 Å². The van der Waals surface area contributed by atoms with E-state index >= 15 is 0 Å². The molecular formula is C15H21BrN2OS. The standard InChI is InChI=1S/C15H21BrN2OS/c1-15(10-17,11-2-3-11)18-14(19)8-9-20-13-6-4-12(16)5-7-13/h4-7,11H,2-3,8-10,17H2,1H3,(H,18,19). The van der Waals surface area contributed by atoms with Gasteiger partial charge in [-0.05, 0) is 49.9 Å². The monoisotopic (exact) mass is 356 g/mol. The Kier molecular flexibility index (Phi) is 5.52. The number of nitrogens with one attached hydrogen (secondary N) is 1. The Labute approximate surface area is 133 Å². The normalized spacial score (nSPS) is 17.6. The van der Waals surface area contributed by atoms with E-state index in [0.29, 0.717) is 18.9 Å². The van der Waals surface area contributed by atoms with Crippen molar-refractivity contribution in [1.82, 2.24) is 5.32 Å². The van der Waals surface area contributed by atoms with Crippen molar-refractivity contribution in [2.45, 2.75) is 36.6 Å². The molecular weight excluding hydrogens is 336 g/mol. The molecule has 1 aromatic rings. The van der Waals surface area contributed by atoms with E-state index in [2.05, 4.69) is 40.3 Å². The SMILES string of the molecule is CC(CN)(NC(=O)CCSc1ccc(Br)cc1)C1CC1. The van der Waals surface area contributed by atoms with E-state index in [-0.39, 0.29) is 11.4 Å². The van der Waals surface area contributed by atoms with Crippen LogP contribution in [0.3, 0.4) is 0 Å². The van der Waals surface area contributed by atoms with E-state index in [1.165, 1.54) is 17.7 Å². The number of benzene rings is 1. The van der Waals surface area contributed by atoms with Crippen LogP contribution in [0, 0.1) is 5.92 Å². The fourth-order valence-electron chi connectivity index (χ4n) is 2.21. The molecule has 110 valence electrons. The van der Waals surface area contributed by atoms with E-state index in [9.17, 15) is 4.79 Å². The highest BCUT2D eigenvalue weighted by Gasteiger charge is 2.41. The van der Waals surface area contributed by atoms with Crippen LogP contribution in [0.15, 0.2) is 33.6 Å². The molecule has 0 heterocycles. The summed E-state index contributed by atoms with van der Waals surface area (Å²) >= 11 is 5.11. The number of hydrogen-bond acceptors (Lipinski definition) is 3. The molecule has 1 amide bonds. The maximum atomic E-state index is 12.0. The summed E-state index contributed by atoms with van der Waals surface area (Å²) in [5, 5.41) is 3.12. The van der Waals surface area contributed by atoms with Crippen LogP contribution in [0.1, 0.15) is 26.2 Å². The molecule has 1 fully saturated rings. The lowest BCUT2D eigenvalue weighted by Gasteiger charge is -2.29. The van der Waals surface area contributed by atoms with Crippen LogP contribution in [0.4, 0.5) is 0 Å². The second-order valence-electron chi connectivity index (χ2n) is 5.50. The molecule has 20 heavy (non-hydrogen) atoms. The predicted octanol–water partition coefficient (Wildman–Crippen LogP) is 3.17. The van der Waals surface area contributed by atoms with Gasteiger partial charge in [-0.15, -0.1) is 11.8 Å². The van der Waals surface area contributed by atoms with Crippen molar-refractivity contribution in [2.24, 2.45) is 11.7 Å². The van der Waals surface area contributed by atoms with Gasteiger partial charge in [0.15, 0.2) is 0 Å². The topological polar surface area (TPSA) is 55.1 Å². The lowest BCUT2D eigenvalue weighted by molar-refractivity contribution is -0.122. The first-order chi connectivity index (χ1) is 9.53. The quantitative estimate of drug-likeness (QED) is 0.737. The summed E-state index contributed by atoms with van der Waals surface area (Å²) < 4.78 is 1.07. The number of hydrogen-bond donors (Lipinski definition) is 2. The summed E-state index contributed by atoms with van der Waals surface area (Å²) in [5.41, 5.74) is 5.60. The third kappa shape index (κ3) is 4.50. The highest BCUT2D eigenvalue weighted by atomic mass is 79.9. The molecule has 1 aliphatic rings. The molecule has 1 aliphatic carbocycles. The first-order valence-electron chi connectivity index (χ1n) is 6.93. The van der Waals surface area contributed by atoms with Crippen molar-refractivity contribution in [3.05, 3.63) is 28.7 Å². The molecule has 2 rings (SSSR count). The highest BCUT2D eigenvalue weighted by Crippen LogP contribution is 2.39. The Bertz CT molecular complexity index is 461. The minimum atomic E-state index is -0.209. The van der Waals surface area contributed by atoms with Crippen LogP contribution in [-0.4, -0.2) is 23.7 Å². The molecule has 5 heteroatoms. The van der Waals surface area contributed by atoms with Gasteiger partial charge in [0.05, 0.1) is 5.54 Å². The van der Waals surface area contributed by atoms with Gasteiger partial charge in [-0.1, -0.05) is 15.9 Å². The summed E-state index contributed by atoms with van der Waals surface area (Å²) in [4.78, 5) is 13.2. The molecule has 0 aliphatic heterocycles. The maximum Gasteiger partial charge on any atom is 0.221 e. The lowest BCUT2D eigenvalue weighted by Crippen LogP contribution is -2.53. The van der Waals surface area contributed by atoms with Gasteiger partial charge in [0.25, 0.3) is 0 Å². The van der Waals surface area contributed by atoms with Crippen LogP contribution >= 0.6 is 27.7 Å². The smallest absolute Gasteiger partial charge is 0.221 e. The average molecular weight is 357 g/mol. The lowest BCUT2D eigenvalue weighted by atomic mass is 9.96. The van der Waals surface area contributed by atoms with Crippen molar-refractivity contribution in [3.63, 3.8) is 0 Å². The minimum absolute atomic E-state index is 0.106. The van der Waals surface area contributed by atoms with E-state index in [0.717, 1.165) is 10.2 Å². The second kappa shape index (κ2) is 6.96. The molecule has 0 bridgehead atoms. The van der Waals surface area contributed by atoms with Crippen molar-refractivity contribution in [2.75, 3.05) is 12.3 Å². The summed E-state index contributed by atoms with van der Waals surface area (Å²) in [7, 11) is 0. The van der Waals surface area contributed by atoms with Crippen molar-refractivity contribution < 1.29 is 4.79 Å². The Morgan fingerprint density at radius 1 is 1.45 bits per heavy atom. The number of carbonyl (C=O) groups is 1. The van der Waals surface area contributed by atoms with Gasteiger partial charge >= 0.3 is 0 Å². The van der Waals surface area contributed by atoms with Crippen molar-refractivity contribution >= 4 is 33.6 Å². The van der Waals surface area contributed by atoms with E-state index < -0.39 is 0 Å². The van der Waals surface area contributed by atoms with E-state index in [1.54, 1.807) is 11.8 Å². The Balaban J connectivity index is 1.73. The number of carbonyl (C=O) groups excluding carboxylic acids is 1. The zero-order chi connectivity index (χ0) is 14.6. The molecule has 3 N–H and O–H groups in total. The van der Waals surface area contributed by atoms with Crippen LogP contribution < -0.4 is 11.1 Å². The van der Waals surface area contributed by atoms with Gasteiger partial charge in [-0.25, -0.2) is 0 Å². The fraction of sp³-hybridized carbons (Fsp3) is 0.533. The molecule has 1 unspecified atom stereocenters. The molecule has 0 aromatic heterocycles. The Morgan fingerprint density at radius 3 is 2.65 bits per heavy atom. The first-order valence-corrected chi connectivity index (χ1v) is 8.71. The van der Waals surface area contributed by atoms with Gasteiger partial charge in [0.2, 0.25) is 5.91 Å².